The predicted octanol–water partition coefficient (Wildman–Crippen LogP) is 4.28. The Morgan fingerprint density at radius 3 is 2.59 bits per heavy atom. The summed E-state index contributed by atoms with van der Waals surface area (Å²) in [5.74, 6) is 1.09. The molecule has 0 aliphatic carbocycles. The van der Waals surface area contributed by atoms with Gasteiger partial charge in [-0.2, -0.15) is 5.26 Å². The average molecular weight is 387 g/mol. The maximum absolute atomic E-state index is 11.5. The van der Waals surface area contributed by atoms with E-state index >= 15 is 0 Å². The highest BCUT2D eigenvalue weighted by molar-refractivity contribution is 6.30. The Morgan fingerprint density at radius 2 is 1.89 bits per heavy atom. The molecule has 2 aromatic rings. The second-order valence-electron chi connectivity index (χ2n) is 5.95. The van der Waals surface area contributed by atoms with E-state index in [-0.39, 0.29) is 18.9 Å². The van der Waals surface area contributed by atoms with Gasteiger partial charge in [0.15, 0.2) is 0 Å². The van der Waals surface area contributed by atoms with Gasteiger partial charge in [-0.15, -0.1) is 0 Å². The van der Waals surface area contributed by atoms with Crippen molar-refractivity contribution < 1.29 is 14.3 Å². The average Bonchev–Trinajstić information content (AvgIpc) is 2.66. The van der Waals surface area contributed by atoms with Crippen molar-refractivity contribution in [3.8, 4) is 17.6 Å². The molecule has 142 valence electrons. The molecule has 0 atom stereocenters. The molecule has 0 aliphatic rings. The van der Waals surface area contributed by atoms with Crippen LogP contribution in [0.3, 0.4) is 0 Å². The molecule has 2 aromatic carbocycles. The molecular weight excluding hydrogens is 364 g/mol. The Balaban J connectivity index is 1.84. The van der Waals surface area contributed by atoms with E-state index in [2.05, 4.69) is 24.4 Å². The highest BCUT2D eigenvalue weighted by Crippen LogP contribution is 2.23. The molecular formula is C21H23ClN2O3. The van der Waals surface area contributed by atoms with E-state index in [1.807, 2.05) is 18.2 Å². The molecule has 2 rings (SSSR count). The van der Waals surface area contributed by atoms with Crippen LogP contribution in [0.2, 0.25) is 5.02 Å². The summed E-state index contributed by atoms with van der Waals surface area (Å²) in [6.45, 7) is 3.16. The van der Waals surface area contributed by atoms with Gasteiger partial charge in [0.1, 0.15) is 31.1 Å². The fourth-order valence-electron chi connectivity index (χ4n) is 2.51. The van der Waals surface area contributed by atoms with Gasteiger partial charge in [-0.05, 0) is 42.3 Å². The maximum Gasteiger partial charge on any atom is 0.234 e. The smallest absolute Gasteiger partial charge is 0.234 e. The number of hydrogen-bond acceptors (Lipinski definition) is 4. The first kappa shape index (κ1) is 20.6. The molecule has 0 radical (unpaired) electrons. The number of nitrogens with zero attached hydrogens (tertiary/aromatic N) is 1. The Labute approximate surface area is 164 Å². The fourth-order valence-corrected chi connectivity index (χ4v) is 2.70. The van der Waals surface area contributed by atoms with Gasteiger partial charge in [-0.1, -0.05) is 37.1 Å². The zero-order chi connectivity index (χ0) is 19.5. The van der Waals surface area contributed by atoms with Crippen molar-refractivity contribution in [2.75, 3.05) is 13.2 Å². The topological polar surface area (TPSA) is 71.3 Å². The van der Waals surface area contributed by atoms with E-state index in [1.54, 1.807) is 18.2 Å². The number of amides is 1. The number of ether oxygens (including phenoxy) is 2. The van der Waals surface area contributed by atoms with Crippen LogP contribution in [0.4, 0.5) is 0 Å². The van der Waals surface area contributed by atoms with E-state index in [1.165, 1.54) is 5.56 Å². The summed E-state index contributed by atoms with van der Waals surface area (Å²) in [7, 11) is 0. The van der Waals surface area contributed by atoms with Gasteiger partial charge in [-0.3, -0.25) is 4.79 Å². The fraction of sp³-hybridized carbons (Fsp3) is 0.333. The lowest BCUT2D eigenvalue weighted by Crippen LogP contribution is -2.22. The Morgan fingerprint density at radius 1 is 1.15 bits per heavy atom. The monoisotopic (exact) mass is 386 g/mol. The van der Waals surface area contributed by atoms with Crippen molar-refractivity contribution in [1.82, 2.24) is 5.32 Å². The highest BCUT2D eigenvalue weighted by atomic mass is 35.5. The third-order valence-electron chi connectivity index (χ3n) is 3.81. The number of carbonyl (C=O) groups is 1. The number of nitrogens with one attached hydrogen (secondary N) is 1. The molecule has 1 amide bonds. The van der Waals surface area contributed by atoms with Crippen LogP contribution in [0.15, 0.2) is 42.5 Å². The third kappa shape index (κ3) is 7.20. The van der Waals surface area contributed by atoms with E-state index in [0.717, 1.165) is 24.2 Å². The number of hydrogen-bond donors (Lipinski definition) is 1. The Kier molecular flexibility index (Phi) is 8.47. The van der Waals surface area contributed by atoms with Crippen LogP contribution in [0, 0.1) is 11.3 Å². The zero-order valence-electron chi connectivity index (χ0n) is 15.3. The third-order valence-corrected chi connectivity index (χ3v) is 4.04. The van der Waals surface area contributed by atoms with Crippen LogP contribution in [-0.4, -0.2) is 19.1 Å². The van der Waals surface area contributed by atoms with Crippen molar-refractivity contribution in [3.63, 3.8) is 0 Å². The van der Waals surface area contributed by atoms with E-state index in [4.69, 9.17) is 26.3 Å². The number of carbonyl (C=O) groups excluding carboxylic acids is 1. The summed E-state index contributed by atoms with van der Waals surface area (Å²) in [6.07, 6.45) is 2.00. The van der Waals surface area contributed by atoms with Crippen molar-refractivity contribution in [2.24, 2.45) is 0 Å². The first-order valence-electron chi connectivity index (χ1n) is 8.89. The molecule has 0 saturated heterocycles. The van der Waals surface area contributed by atoms with Gasteiger partial charge < -0.3 is 14.8 Å². The second kappa shape index (κ2) is 11.1. The van der Waals surface area contributed by atoms with Crippen LogP contribution in [0.25, 0.3) is 0 Å². The summed E-state index contributed by atoms with van der Waals surface area (Å²) in [4.78, 5) is 11.5. The number of nitriles is 1. The molecule has 0 aliphatic heterocycles. The number of aryl methyl sites for hydroxylation is 1. The van der Waals surface area contributed by atoms with Crippen LogP contribution in [-0.2, 0) is 17.8 Å². The quantitative estimate of drug-likeness (QED) is 0.618. The highest BCUT2D eigenvalue weighted by Gasteiger charge is 2.07. The van der Waals surface area contributed by atoms with Gasteiger partial charge >= 0.3 is 0 Å². The minimum absolute atomic E-state index is 0.179. The van der Waals surface area contributed by atoms with Crippen LogP contribution in [0.5, 0.6) is 11.5 Å². The molecule has 1 N–H and O–H groups in total. The largest absolute Gasteiger partial charge is 0.490 e. The number of halogens is 1. The summed E-state index contributed by atoms with van der Waals surface area (Å²) < 4.78 is 11.5. The normalized spacial score (nSPS) is 10.1. The molecule has 27 heavy (non-hydrogen) atoms. The molecule has 0 spiro atoms. The molecule has 0 unspecified atom stereocenters. The van der Waals surface area contributed by atoms with Crippen LogP contribution in [0.1, 0.15) is 30.9 Å². The van der Waals surface area contributed by atoms with Gasteiger partial charge in [0.2, 0.25) is 5.91 Å². The summed E-state index contributed by atoms with van der Waals surface area (Å²) in [5, 5.41) is 11.8. The molecule has 0 bridgehead atoms. The maximum atomic E-state index is 11.5. The predicted molar refractivity (Wildman–Crippen MR) is 105 cm³/mol. The molecule has 0 heterocycles. The van der Waals surface area contributed by atoms with Gasteiger partial charge in [0, 0.05) is 17.1 Å². The van der Waals surface area contributed by atoms with Gasteiger partial charge in [0.05, 0.1) is 6.07 Å². The lowest BCUT2D eigenvalue weighted by molar-refractivity contribution is -0.120. The first-order chi connectivity index (χ1) is 13.1. The van der Waals surface area contributed by atoms with Crippen molar-refractivity contribution in [3.05, 3.63) is 58.6 Å². The molecule has 5 nitrogen and oxygen atoms in total. The number of rotatable bonds is 10. The lowest BCUT2D eigenvalue weighted by Gasteiger charge is -2.13. The molecule has 0 aromatic heterocycles. The van der Waals surface area contributed by atoms with E-state index in [9.17, 15) is 4.79 Å². The minimum atomic E-state index is -0.335. The zero-order valence-corrected chi connectivity index (χ0v) is 16.1. The Bertz CT molecular complexity index is 785. The lowest BCUT2D eigenvalue weighted by atomic mass is 10.1. The first-order valence-corrected chi connectivity index (χ1v) is 9.26. The summed E-state index contributed by atoms with van der Waals surface area (Å²) >= 11 is 6.02. The van der Waals surface area contributed by atoms with E-state index in [0.29, 0.717) is 24.0 Å². The standard InChI is InChI=1S/C21H23ClN2O3/c1-2-3-16-4-7-19(8-5-16)26-12-13-27-20-9-6-18(22)14-17(20)15-24-21(25)10-11-23/h4-9,14H,2-3,10,12-13,15H2,1H3,(H,24,25). The summed E-state index contributed by atoms with van der Waals surface area (Å²) in [6, 6.07) is 15.1. The second-order valence-corrected chi connectivity index (χ2v) is 6.39. The molecule has 6 heteroatoms. The van der Waals surface area contributed by atoms with Crippen LogP contribution < -0.4 is 14.8 Å². The SMILES string of the molecule is CCCc1ccc(OCCOc2ccc(Cl)cc2CNC(=O)CC#N)cc1. The number of benzene rings is 2. The molecule has 0 saturated carbocycles. The van der Waals surface area contributed by atoms with Crippen molar-refractivity contribution in [2.45, 2.75) is 32.7 Å². The molecule has 0 fully saturated rings. The minimum Gasteiger partial charge on any atom is -0.490 e. The van der Waals surface area contributed by atoms with Crippen molar-refractivity contribution >= 4 is 17.5 Å². The summed E-state index contributed by atoms with van der Waals surface area (Å²) in [5.41, 5.74) is 2.04. The van der Waals surface area contributed by atoms with Gasteiger partial charge in [-0.25, -0.2) is 0 Å². The van der Waals surface area contributed by atoms with Crippen LogP contribution >= 0.6 is 11.6 Å². The van der Waals surface area contributed by atoms with E-state index < -0.39 is 0 Å². The van der Waals surface area contributed by atoms with Gasteiger partial charge in [0.25, 0.3) is 0 Å². The Hall–Kier alpha value is -2.71. The van der Waals surface area contributed by atoms with Crippen molar-refractivity contribution in [1.29, 1.82) is 5.26 Å².